The molecule has 1 fully saturated rings. The van der Waals surface area contributed by atoms with E-state index in [0.29, 0.717) is 5.92 Å². The first-order valence-corrected chi connectivity index (χ1v) is 9.82. The summed E-state index contributed by atoms with van der Waals surface area (Å²) in [5.41, 5.74) is 1.10. The van der Waals surface area contributed by atoms with Crippen molar-refractivity contribution in [3.8, 4) is 17.6 Å². The monoisotopic (exact) mass is 387 g/mol. The molecule has 3 rings (SSSR count). The Morgan fingerprint density at radius 2 is 1.75 bits per heavy atom. The molecule has 1 aromatic heterocycles. The Labute approximate surface area is 164 Å². The van der Waals surface area contributed by atoms with Crippen LogP contribution >= 0.6 is 0 Å². The van der Waals surface area contributed by atoms with Gasteiger partial charge in [-0.15, -0.1) is 0 Å². The molecule has 2 nitrogen and oxygen atoms in total. The van der Waals surface area contributed by atoms with Crippen LogP contribution in [0.25, 0.3) is 0 Å². The Bertz CT molecular complexity index is 847. The van der Waals surface area contributed by atoms with E-state index >= 15 is 0 Å². The quantitative estimate of drug-likeness (QED) is 0.356. The van der Waals surface area contributed by atoms with Crippen molar-refractivity contribution < 1.29 is 17.9 Å². The molecule has 0 saturated heterocycles. The molecule has 0 bridgehead atoms. The average Bonchev–Trinajstić information content (AvgIpc) is 2.71. The highest BCUT2D eigenvalue weighted by molar-refractivity contribution is 5.34. The first-order chi connectivity index (χ1) is 13.6. The van der Waals surface area contributed by atoms with Gasteiger partial charge in [0.25, 0.3) is 5.95 Å². The molecule has 2 aromatic rings. The van der Waals surface area contributed by atoms with Crippen molar-refractivity contribution in [2.24, 2.45) is 5.92 Å². The number of hydrogen-bond acceptors (Lipinski definition) is 2. The van der Waals surface area contributed by atoms with Gasteiger partial charge in [-0.05, 0) is 61.8 Å². The molecule has 0 amide bonds. The van der Waals surface area contributed by atoms with Gasteiger partial charge in [-0.1, -0.05) is 37.3 Å². The highest BCUT2D eigenvalue weighted by atomic mass is 19.2. The van der Waals surface area contributed by atoms with Crippen LogP contribution in [0.5, 0.6) is 5.75 Å². The van der Waals surface area contributed by atoms with E-state index in [1.165, 1.54) is 5.56 Å². The lowest BCUT2D eigenvalue weighted by atomic mass is 9.79. The number of halogens is 3. The van der Waals surface area contributed by atoms with E-state index in [2.05, 4.69) is 35.9 Å². The Kier molecular flexibility index (Phi) is 6.97. The molecule has 1 saturated carbocycles. The Morgan fingerprint density at radius 3 is 2.43 bits per heavy atom. The first kappa shape index (κ1) is 20.3. The number of benzene rings is 1. The molecule has 0 spiro atoms. The van der Waals surface area contributed by atoms with Crippen molar-refractivity contribution in [2.75, 3.05) is 6.61 Å². The minimum absolute atomic E-state index is 0.125. The Balaban J connectivity index is 1.54. The lowest BCUT2D eigenvalue weighted by Gasteiger charge is -2.26. The van der Waals surface area contributed by atoms with Crippen LogP contribution < -0.4 is 4.74 Å². The molecule has 1 heterocycles. The van der Waals surface area contributed by atoms with Gasteiger partial charge in [0.2, 0.25) is 5.95 Å². The van der Waals surface area contributed by atoms with Crippen LogP contribution in [-0.2, 0) is 0 Å². The normalized spacial score (nSPS) is 19.0. The van der Waals surface area contributed by atoms with Gasteiger partial charge in [-0.3, -0.25) is 0 Å². The second-order valence-corrected chi connectivity index (χ2v) is 7.19. The van der Waals surface area contributed by atoms with E-state index in [1.807, 2.05) is 12.1 Å². The van der Waals surface area contributed by atoms with Crippen LogP contribution in [0.3, 0.4) is 0 Å². The van der Waals surface area contributed by atoms with Gasteiger partial charge in [-0.2, -0.15) is 13.8 Å². The molecule has 148 valence electrons. The second kappa shape index (κ2) is 9.64. The summed E-state index contributed by atoms with van der Waals surface area (Å²) in [7, 11) is 0. The minimum Gasteiger partial charge on any atom is -0.494 e. The van der Waals surface area contributed by atoms with Crippen LogP contribution in [0.2, 0.25) is 0 Å². The molecule has 0 atom stereocenters. The maximum atomic E-state index is 13.6. The van der Waals surface area contributed by atoms with Gasteiger partial charge >= 0.3 is 0 Å². The highest BCUT2D eigenvalue weighted by Gasteiger charge is 2.21. The lowest BCUT2D eigenvalue weighted by molar-refractivity contribution is 0.309. The van der Waals surface area contributed by atoms with Crippen LogP contribution in [0.1, 0.15) is 62.5 Å². The largest absolute Gasteiger partial charge is 0.494 e. The predicted molar refractivity (Wildman–Crippen MR) is 103 cm³/mol. The summed E-state index contributed by atoms with van der Waals surface area (Å²) in [5.74, 6) is 3.43. The standard InChI is InChI=1S/C23H24F3NO/c1-2-3-14-28-20-12-10-18(11-13-20)17-7-4-16(5-8-17)6-9-19-15-21(24)23(26)27-22(19)25/h10-13,15-17H,2-5,7-8,14H2,1H3/t16-,17-. The van der Waals surface area contributed by atoms with E-state index in [9.17, 15) is 13.2 Å². The molecule has 0 aliphatic heterocycles. The minimum atomic E-state index is -1.44. The molecule has 0 radical (unpaired) electrons. The zero-order chi connectivity index (χ0) is 19.9. The molecule has 1 aromatic carbocycles. The zero-order valence-corrected chi connectivity index (χ0v) is 16.0. The number of pyridine rings is 1. The third kappa shape index (κ3) is 5.28. The first-order valence-electron chi connectivity index (χ1n) is 9.82. The third-order valence-electron chi connectivity index (χ3n) is 5.14. The van der Waals surface area contributed by atoms with E-state index < -0.39 is 17.7 Å². The molecule has 0 unspecified atom stereocenters. The van der Waals surface area contributed by atoms with Crippen molar-refractivity contribution in [3.05, 3.63) is 59.2 Å². The van der Waals surface area contributed by atoms with Crippen molar-refractivity contribution in [1.29, 1.82) is 0 Å². The molecular formula is C23H24F3NO. The summed E-state index contributed by atoms with van der Waals surface area (Å²) in [4.78, 5) is 2.90. The fourth-order valence-corrected chi connectivity index (χ4v) is 3.45. The maximum absolute atomic E-state index is 13.6. The molecule has 5 heteroatoms. The topological polar surface area (TPSA) is 22.1 Å². The van der Waals surface area contributed by atoms with E-state index in [-0.39, 0.29) is 11.5 Å². The van der Waals surface area contributed by atoms with Crippen molar-refractivity contribution in [2.45, 2.75) is 51.4 Å². The summed E-state index contributed by atoms with van der Waals surface area (Å²) < 4.78 is 45.3. The van der Waals surface area contributed by atoms with Crippen molar-refractivity contribution >= 4 is 0 Å². The molecule has 0 N–H and O–H groups in total. The van der Waals surface area contributed by atoms with Gasteiger partial charge in [0.15, 0.2) is 5.82 Å². The van der Waals surface area contributed by atoms with Crippen molar-refractivity contribution in [1.82, 2.24) is 4.98 Å². The fourth-order valence-electron chi connectivity index (χ4n) is 3.45. The molecule has 1 aliphatic rings. The molecule has 1 aliphatic carbocycles. The maximum Gasteiger partial charge on any atom is 0.251 e. The number of ether oxygens (including phenoxy) is 1. The third-order valence-corrected chi connectivity index (χ3v) is 5.14. The van der Waals surface area contributed by atoms with Crippen molar-refractivity contribution in [3.63, 3.8) is 0 Å². The van der Waals surface area contributed by atoms with Gasteiger partial charge in [0.1, 0.15) is 5.75 Å². The highest BCUT2D eigenvalue weighted by Crippen LogP contribution is 2.36. The Hall–Kier alpha value is -2.48. The smallest absolute Gasteiger partial charge is 0.251 e. The second-order valence-electron chi connectivity index (χ2n) is 7.19. The van der Waals surface area contributed by atoms with Gasteiger partial charge in [0.05, 0.1) is 12.2 Å². The fraction of sp³-hybridized carbons (Fsp3) is 0.435. The summed E-state index contributed by atoms with van der Waals surface area (Å²) in [6.45, 7) is 2.88. The lowest BCUT2D eigenvalue weighted by Crippen LogP contribution is -2.12. The number of unbranched alkanes of at least 4 members (excludes halogenated alkanes) is 1. The number of aromatic nitrogens is 1. The van der Waals surface area contributed by atoms with Gasteiger partial charge in [-0.25, -0.2) is 4.39 Å². The predicted octanol–water partition coefficient (Wildman–Crippen LogP) is 6.00. The van der Waals surface area contributed by atoms with E-state index in [1.54, 1.807) is 0 Å². The van der Waals surface area contributed by atoms with E-state index in [4.69, 9.17) is 4.74 Å². The van der Waals surface area contributed by atoms with Gasteiger partial charge in [0, 0.05) is 5.92 Å². The SMILES string of the molecule is CCCCOc1ccc([C@H]2CC[C@H](C#Cc3cc(F)c(F)nc3F)CC2)cc1. The van der Waals surface area contributed by atoms with Crippen LogP contribution in [0.15, 0.2) is 30.3 Å². The van der Waals surface area contributed by atoms with Gasteiger partial charge < -0.3 is 4.74 Å². The van der Waals surface area contributed by atoms with Crippen LogP contribution in [0.4, 0.5) is 13.2 Å². The summed E-state index contributed by atoms with van der Waals surface area (Å²) in [6.07, 6.45) is 5.94. The number of nitrogens with zero attached hydrogens (tertiary/aromatic N) is 1. The number of hydrogen-bond donors (Lipinski definition) is 0. The Morgan fingerprint density at radius 1 is 1.04 bits per heavy atom. The van der Waals surface area contributed by atoms with Crippen LogP contribution in [0, 0.1) is 35.5 Å². The zero-order valence-electron chi connectivity index (χ0n) is 16.0. The summed E-state index contributed by atoms with van der Waals surface area (Å²) >= 11 is 0. The van der Waals surface area contributed by atoms with Crippen LogP contribution in [-0.4, -0.2) is 11.6 Å². The molecule has 28 heavy (non-hydrogen) atoms. The summed E-state index contributed by atoms with van der Waals surface area (Å²) in [6, 6.07) is 9.06. The summed E-state index contributed by atoms with van der Waals surface area (Å²) in [5, 5.41) is 0. The van der Waals surface area contributed by atoms with E-state index in [0.717, 1.165) is 56.9 Å². The number of rotatable bonds is 5. The molecular weight excluding hydrogens is 363 g/mol. The average molecular weight is 387 g/mol.